The molecule has 0 aliphatic carbocycles. The van der Waals surface area contributed by atoms with Gasteiger partial charge in [-0.2, -0.15) is 0 Å². The SMILES string of the molecule is CCS(=O)(=O)NCCc1c(-c2ccc(F)cc2)[nH]c2c(F)cc(F)cc12. The first kappa shape index (κ1) is 18.5. The van der Waals surface area contributed by atoms with E-state index in [9.17, 15) is 21.6 Å². The monoisotopic (exact) mass is 382 g/mol. The summed E-state index contributed by atoms with van der Waals surface area (Å²) in [7, 11) is -3.38. The summed E-state index contributed by atoms with van der Waals surface area (Å²) in [5.41, 5.74) is 1.78. The van der Waals surface area contributed by atoms with Crippen molar-refractivity contribution in [2.75, 3.05) is 12.3 Å². The molecule has 0 atom stereocenters. The van der Waals surface area contributed by atoms with Gasteiger partial charge in [0.05, 0.1) is 11.3 Å². The Bertz CT molecular complexity index is 1040. The fourth-order valence-corrected chi connectivity index (χ4v) is 3.45. The summed E-state index contributed by atoms with van der Waals surface area (Å²) in [5.74, 6) is -1.95. The zero-order chi connectivity index (χ0) is 18.9. The van der Waals surface area contributed by atoms with E-state index in [0.717, 1.165) is 6.07 Å². The first-order valence-electron chi connectivity index (χ1n) is 8.03. The number of halogens is 3. The second-order valence-corrected chi connectivity index (χ2v) is 7.94. The Hall–Kier alpha value is -2.32. The largest absolute Gasteiger partial charge is 0.352 e. The highest BCUT2D eigenvalue weighted by molar-refractivity contribution is 7.89. The van der Waals surface area contributed by atoms with E-state index in [4.69, 9.17) is 0 Å². The van der Waals surface area contributed by atoms with Gasteiger partial charge < -0.3 is 4.98 Å². The number of sulfonamides is 1. The predicted molar refractivity (Wildman–Crippen MR) is 94.8 cm³/mol. The van der Waals surface area contributed by atoms with E-state index in [0.29, 0.717) is 22.2 Å². The molecule has 0 fully saturated rings. The molecular weight excluding hydrogens is 365 g/mol. The first-order valence-corrected chi connectivity index (χ1v) is 9.69. The molecule has 0 amide bonds. The average molecular weight is 382 g/mol. The quantitative estimate of drug-likeness (QED) is 0.682. The second kappa shape index (κ2) is 7.13. The van der Waals surface area contributed by atoms with Gasteiger partial charge in [-0.05, 0) is 54.8 Å². The Balaban J connectivity index is 2.08. The van der Waals surface area contributed by atoms with Gasteiger partial charge in [0.2, 0.25) is 10.0 Å². The van der Waals surface area contributed by atoms with Crippen LogP contribution in [0.25, 0.3) is 22.2 Å². The van der Waals surface area contributed by atoms with E-state index in [1.807, 2.05) is 0 Å². The van der Waals surface area contributed by atoms with Gasteiger partial charge in [-0.1, -0.05) is 0 Å². The number of fused-ring (bicyclic) bond motifs is 1. The van der Waals surface area contributed by atoms with Crippen LogP contribution in [0.15, 0.2) is 36.4 Å². The van der Waals surface area contributed by atoms with E-state index >= 15 is 0 Å². The molecule has 0 radical (unpaired) electrons. The van der Waals surface area contributed by atoms with Gasteiger partial charge in [0, 0.05) is 23.7 Å². The lowest BCUT2D eigenvalue weighted by Crippen LogP contribution is -2.27. The molecule has 2 N–H and O–H groups in total. The fraction of sp³-hybridized carbons (Fsp3) is 0.222. The van der Waals surface area contributed by atoms with Crippen LogP contribution in [0.2, 0.25) is 0 Å². The van der Waals surface area contributed by atoms with Gasteiger partial charge in [-0.15, -0.1) is 0 Å². The van der Waals surface area contributed by atoms with Crippen LogP contribution in [-0.2, 0) is 16.4 Å². The number of hydrogen-bond donors (Lipinski definition) is 2. The highest BCUT2D eigenvalue weighted by Crippen LogP contribution is 2.32. The number of H-pyrrole nitrogens is 1. The topological polar surface area (TPSA) is 62.0 Å². The van der Waals surface area contributed by atoms with Crippen molar-refractivity contribution in [3.8, 4) is 11.3 Å². The van der Waals surface area contributed by atoms with Gasteiger partial charge in [0.15, 0.2) is 0 Å². The van der Waals surface area contributed by atoms with Crippen molar-refractivity contribution >= 4 is 20.9 Å². The summed E-state index contributed by atoms with van der Waals surface area (Å²) >= 11 is 0. The number of hydrogen-bond acceptors (Lipinski definition) is 2. The molecule has 0 saturated carbocycles. The lowest BCUT2D eigenvalue weighted by Gasteiger charge is -2.07. The Morgan fingerprint density at radius 2 is 1.73 bits per heavy atom. The Labute approximate surface area is 149 Å². The summed E-state index contributed by atoms with van der Waals surface area (Å²) in [4.78, 5) is 2.92. The molecule has 26 heavy (non-hydrogen) atoms. The maximum absolute atomic E-state index is 14.1. The van der Waals surface area contributed by atoms with Crippen molar-refractivity contribution < 1.29 is 21.6 Å². The highest BCUT2D eigenvalue weighted by atomic mass is 32.2. The van der Waals surface area contributed by atoms with Crippen LogP contribution in [0.3, 0.4) is 0 Å². The van der Waals surface area contributed by atoms with Gasteiger partial charge in [-0.3, -0.25) is 0 Å². The third-order valence-electron chi connectivity index (χ3n) is 4.14. The Morgan fingerprint density at radius 3 is 2.38 bits per heavy atom. The molecule has 4 nitrogen and oxygen atoms in total. The Kier molecular flexibility index (Phi) is 5.06. The number of nitrogens with one attached hydrogen (secondary N) is 2. The van der Waals surface area contributed by atoms with Crippen molar-refractivity contribution in [3.05, 3.63) is 59.4 Å². The molecule has 0 saturated heterocycles. The molecule has 0 bridgehead atoms. The van der Waals surface area contributed by atoms with Crippen molar-refractivity contribution in [3.63, 3.8) is 0 Å². The molecule has 0 aliphatic heterocycles. The van der Waals surface area contributed by atoms with E-state index in [2.05, 4.69) is 9.71 Å². The van der Waals surface area contributed by atoms with Crippen molar-refractivity contribution in [2.45, 2.75) is 13.3 Å². The molecule has 138 valence electrons. The summed E-state index contributed by atoms with van der Waals surface area (Å²) in [6.07, 6.45) is 0.217. The van der Waals surface area contributed by atoms with Crippen LogP contribution in [-0.4, -0.2) is 25.7 Å². The number of rotatable bonds is 6. The Morgan fingerprint density at radius 1 is 1.04 bits per heavy atom. The predicted octanol–water partition coefficient (Wildman–Crippen LogP) is 3.73. The van der Waals surface area contributed by atoms with Gasteiger partial charge in [0.1, 0.15) is 17.5 Å². The first-order chi connectivity index (χ1) is 12.3. The smallest absolute Gasteiger partial charge is 0.211 e. The number of aromatic amines is 1. The van der Waals surface area contributed by atoms with Crippen LogP contribution in [0, 0.1) is 17.5 Å². The van der Waals surface area contributed by atoms with E-state index in [1.165, 1.54) is 37.3 Å². The van der Waals surface area contributed by atoms with E-state index < -0.39 is 27.5 Å². The molecular formula is C18H17F3N2O2S. The van der Waals surface area contributed by atoms with Crippen LogP contribution >= 0.6 is 0 Å². The molecule has 2 aromatic carbocycles. The van der Waals surface area contributed by atoms with Crippen molar-refractivity contribution in [2.24, 2.45) is 0 Å². The summed E-state index contributed by atoms with van der Waals surface area (Å²) in [6.45, 7) is 1.60. The molecule has 0 aliphatic rings. The standard InChI is InChI=1S/C18H17F3N2O2S/c1-2-26(24,25)22-8-7-14-15-9-13(20)10-16(21)18(15)23-17(14)11-3-5-12(19)6-4-11/h3-6,9-10,22-23H,2,7-8H2,1H3. The van der Waals surface area contributed by atoms with Gasteiger partial charge >= 0.3 is 0 Å². The van der Waals surface area contributed by atoms with E-state index in [-0.39, 0.29) is 24.2 Å². The van der Waals surface area contributed by atoms with Crippen LogP contribution in [0.5, 0.6) is 0 Å². The zero-order valence-electron chi connectivity index (χ0n) is 13.9. The third kappa shape index (κ3) is 3.76. The van der Waals surface area contributed by atoms with Crippen LogP contribution < -0.4 is 4.72 Å². The average Bonchev–Trinajstić information content (AvgIpc) is 2.94. The van der Waals surface area contributed by atoms with Crippen molar-refractivity contribution in [1.29, 1.82) is 0 Å². The van der Waals surface area contributed by atoms with Crippen LogP contribution in [0.1, 0.15) is 12.5 Å². The van der Waals surface area contributed by atoms with Gasteiger partial charge in [-0.25, -0.2) is 26.3 Å². The molecule has 3 aromatic rings. The lowest BCUT2D eigenvalue weighted by atomic mass is 10.0. The summed E-state index contributed by atoms with van der Waals surface area (Å²) in [6, 6.07) is 7.55. The highest BCUT2D eigenvalue weighted by Gasteiger charge is 2.18. The molecule has 1 heterocycles. The molecule has 8 heteroatoms. The number of benzene rings is 2. The third-order valence-corrected chi connectivity index (χ3v) is 5.55. The second-order valence-electron chi connectivity index (χ2n) is 5.84. The minimum Gasteiger partial charge on any atom is -0.352 e. The minimum atomic E-state index is -3.38. The fourth-order valence-electron chi connectivity index (χ4n) is 2.83. The van der Waals surface area contributed by atoms with Crippen molar-refractivity contribution in [1.82, 2.24) is 9.71 Å². The lowest BCUT2D eigenvalue weighted by molar-refractivity contribution is 0.582. The van der Waals surface area contributed by atoms with Crippen LogP contribution in [0.4, 0.5) is 13.2 Å². The maximum Gasteiger partial charge on any atom is 0.211 e. The normalized spacial score (nSPS) is 12.0. The zero-order valence-corrected chi connectivity index (χ0v) is 14.8. The van der Waals surface area contributed by atoms with Gasteiger partial charge in [0.25, 0.3) is 0 Å². The number of aromatic nitrogens is 1. The minimum absolute atomic E-state index is 0.0606. The molecule has 3 rings (SSSR count). The maximum atomic E-state index is 14.1. The molecule has 1 aromatic heterocycles. The summed E-state index contributed by atoms with van der Waals surface area (Å²) < 4.78 is 66.7. The summed E-state index contributed by atoms with van der Waals surface area (Å²) in [5, 5.41) is 0.331. The molecule has 0 unspecified atom stereocenters. The van der Waals surface area contributed by atoms with E-state index in [1.54, 1.807) is 0 Å². The molecule has 0 spiro atoms.